The van der Waals surface area contributed by atoms with E-state index in [0.29, 0.717) is 27.9 Å². The topological polar surface area (TPSA) is 38.3 Å². The quantitative estimate of drug-likeness (QED) is 0.695. The Labute approximate surface area is 170 Å². The summed E-state index contributed by atoms with van der Waals surface area (Å²) in [5.41, 5.74) is 1.45. The van der Waals surface area contributed by atoms with E-state index in [1.54, 1.807) is 6.92 Å². The van der Waals surface area contributed by atoms with E-state index < -0.39 is 5.60 Å². The Morgan fingerprint density at radius 2 is 1.41 bits per heavy atom. The zero-order valence-electron chi connectivity index (χ0n) is 15.9. The van der Waals surface area contributed by atoms with E-state index in [4.69, 9.17) is 27.9 Å². The highest BCUT2D eigenvalue weighted by atomic mass is 35.5. The Morgan fingerprint density at radius 3 is 1.78 bits per heavy atom. The van der Waals surface area contributed by atoms with Crippen LogP contribution in [0.25, 0.3) is 0 Å². The second-order valence-electron chi connectivity index (χ2n) is 7.86. The zero-order valence-corrected chi connectivity index (χ0v) is 17.4. The molecule has 142 valence electrons. The van der Waals surface area contributed by atoms with Gasteiger partial charge in [0.2, 0.25) is 0 Å². The van der Waals surface area contributed by atoms with Gasteiger partial charge in [0, 0.05) is 33.1 Å². The number of halogens is 2. The highest BCUT2D eigenvalue weighted by Gasteiger charge is 2.46. The van der Waals surface area contributed by atoms with Crippen LogP contribution in [-0.2, 0) is 15.1 Å². The molecule has 27 heavy (non-hydrogen) atoms. The number of rotatable bonds is 4. The third kappa shape index (κ3) is 4.15. The van der Waals surface area contributed by atoms with Gasteiger partial charge in [-0.1, -0.05) is 47.5 Å². The summed E-state index contributed by atoms with van der Waals surface area (Å²) in [7, 11) is 0. The second kappa shape index (κ2) is 7.21. The first-order valence-corrected chi connectivity index (χ1v) is 9.60. The van der Waals surface area contributed by atoms with Crippen LogP contribution in [0.5, 0.6) is 0 Å². The van der Waals surface area contributed by atoms with Gasteiger partial charge in [0.1, 0.15) is 0 Å². The third-order valence-electron chi connectivity index (χ3n) is 4.51. The van der Waals surface area contributed by atoms with E-state index in [1.807, 2.05) is 69.3 Å². The van der Waals surface area contributed by atoms with E-state index in [9.17, 15) is 4.79 Å². The Bertz CT molecular complexity index is 833. The molecule has 3 rings (SSSR count). The molecule has 3 nitrogen and oxygen atoms in total. The average Bonchev–Trinajstić information content (AvgIpc) is 2.95. The molecule has 0 fully saturated rings. The van der Waals surface area contributed by atoms with Gasteiger partial charge in [-0.25, -0.2) is 0 Å². The molecule has 0 radical (unpaired) electrons. The molecule has 1 aliphatic rings. The fraction of sp³-hybridized carbons (Fsp3) is 0.318. The Kier molecular flexibility index (Phi) is 5.29. The number of ether oxygens (including phenoxy) is 1. The minimum atomic E-state index is -0.816. The summed E-state index contributed by atoms with van der Waals surface area (Å²) in [6.45, 7) is 7.67. The zero-order chi connectivity index (χ0) is 19.8. The highest BCUT2D eigenvalue weighted by Crippen LogP contribution is 2.47. The van der Waals surface area contributed by atoms with Crippen molar-refractivity contribution in [3.8, 4) is 0 Å². The minimum absolute atomic E-state index is 0.00782. The lowest BCUT2D eigenvalue weighted by atomic mass is 9.82. The molecule has 2 aromatic rings. The molecular formula is C22H23Cl2NO2. The number of Topliss-reactive ketones (excluding diaryl/α,β-unsaturated/α-hetero) is 1. The Morgan fingerprint density at radius 1 is 0.963 bits per heavy atom. The van der Waals surface area contributed by atoms with Crippen LogP contribution in [0.1, 0.15) is 45.2 Å². The monoisotopic (exact) mass is 403 g/mol. The maximum Gasteiger partial charge on any atom is 0.195 e. The number of hydrogen-bond donors (Lipinski definition) is 1. The molecule has 5 heteroatoms. The van der Waals surface area contributed by atoms with Crippen LogP contribution in [0, 0.1) is 0 Å². The summed E-state index contributed by atoms with van der Waals surface area (Å²) in [6, 6.07) is 15.1. The van der Waals surface area contributed by atoms with Gasteiger partial charge in [-0.05, 0) is 52.0 Å². The first-order chi connectivity index (χ1) is 12.6. The molecule has 2 aromatic carbocycles. The number of benzene rings is 2. The standard InChI is InChI=1S/C22H23Cl2NO2/c1-14(26)19-13-22(15-5-9-17(23)10-6-15,16-7-11-18(24)12-8-16)27-20(19)25-21(2,3)4/h5-12,25H,13H2,1-4H3. The molecule has 1 aliphatic heterocycles. The molecule has 0 amide bonds. The number of ketones is 1. The predicted molar refractivity (Wildman–Crippen MR) is 110 cm³/mol. The molecule has 1 heterocycles. The molecule has 0 bridgehead atoms. The normalized spacial score (nSPS) is 16.2. The molecule has 0 unspecified atom stereocenters. The minimum Gasteiger partial charge on any atom is -0.462 e. The van der Waals surface area contributed by atoms with Crippen molar-refractivity contribution in [3.05, 3.63) is 81.2 Å². The maximum absolute atomic E-state index is 12.4. The van der Waals surface area contributed by atoms with E-state index in [-0.39, 0.29) is 11.3 Å². The average molecular weight is 404 g/mol. The van der Waals surface area contributed by atoms with Crippen molar-refractivity contribution in [3.63, 3.8) is 0 Å². The lowest BCUT2D eigenvalue weighted by molar-refractivity contribution is -0.113. The molecule has 0 aromatic heterocycles. The Hall–Kier alpha value is -1.97. The molecule has 0 aliphatic carbocycles. The number of carbonyl (C=O) groups excluding carboxylic acids is 1. The summed E-state index contributed by atoms with van der Waals surface area (Å²) in [6.07, 6.45) is 0.435. The fourth-order valence-electron chi connectivity index (χ4n) is 3.25. The van der Waals surface area contributed by atoms with Crippen LogP contribution in [-0.4, -0.2) is 11.3 Å². The van der Waals surface area contributed by atoms with Crippen molar-refractivity contribution in [2.75, 3.05) is 0 Å². The van der Waals surface area contributed by atoms with Gasteiger partial charge in [0.05, 0.1) is 5.57 Å². The van der Waals surface area contributed by atoms with Crippen molar-refractivity contribution < 1.29 is 9.53 Å². The van der Waals surface area contributed by atoms with E-state index in [0.717, 1.165) is 11.1 Å². The Balaban J connectivity index is 2.14. The smallest absolute Gasteiger partial charge is 0.195 e. The van der Waals surface area contributed by atoms with Crippen molar-refractivity contribution in [1.29, 1.82) is 0 Å². The number of carbonyl (C=O) groups is 1. The van der Waals surface area contributed by atoms with Crippen molar-refractivity contribution in [2.45, 2.75) is 45.3 Å². The fourth-order valence-corrected chi connectivity index (χ4v) is 3.51. The van der Waals surface area contributed by atoms with Crippen LogP contribution < -0.4 is 5.32 Å². The SMILES string of the molecule is CC(=O)C1=C(NC(C)(C)C)OC(c2ccc(Cl)cc2)(c2ccc(Cl)cc2)C1. The molecule has 0 saturated carbocycles. The number of nitrogens with one attached hydrogen (secondary N) is 1. The molecule has 0 spiro atoms. The summed E-state index contributed by atoms with van der Waals surface area (Å²) in [4.78, 5) is 12.4. The summed E-state index contributed by atoms with van der Waals surface area (Å²) in [5.74, 6) is 0.520. The van der Waals surface area contributed by atoms with Gasteiger partial charge >= 0.3 is 0 Å². The largest absolute Gasteiger partial charge is 0.462 e. The van der Waals surface area contributed by atoms with Gasteiger partial charge < -0.3 is 10.1 Å². The van der Waals surface area contributed by atoms with Crippen molar-refractivity contribution in [2.24, 2.45) is 0 Å². The molecular weight excluding hydrogens is 381 g/mol. The van der Waals surface area contributed by atoms with Crippen LogP contribution in [0.3, 0.4) is 0 Å². The first-order valence-electron chi connectivity index (χ1n) is 8.84. The van der Waals surface area contributed by atoms with Gasteiger partial charge in [0.15, 0.2) is 17.3 Å². The van der Waals surface area contributed by atoms with Gasteiger partial charge in [-0.15, -0.1) is 0 Å². The molecule has 0 saturated heterocycles. The van der Waals surface area contributed by atoms with Gasteiger partial charge in [-0.3, -0.25) is 4.79 Å². The molecule has 0 atom stereocenters. The maximum atomic E-state index is 12.4. The lowest BCUT2D eigenvalue weighted by Crippen LogP contribution is -2.37. The lowest BCUT2D eigenvalue weighted by Gasteiger charge is -2.33. The highest BCUT2D eigenvalue weighted by molar-refractivity contribution is 6.30. The van der Waals surface area contributed by atoms with Crippen LogP contribution >= 0.6 is 23.2 Å². The molecule has 1 N–H and O–H groups in total. The van der Waals surface area contributed by atoms with Crippen molar-refractivity contribution >= 4 is 29.0 Å². The van der Waals surface area contributed by atoms with Gasteiger partial charge in [-0.2, -0.15) is 0 Å². The van der Waals surface area contributed by atoms with Crippen LogP contribution in [0.2, 0.25) is 10.0 Å². The van der Waals surface area contributed by atoms with Gasteiger partial charge in [0.25, 0.3) is 0 Å². The predicted octanol–water partition coefficient (Wildman–Crippen LogP) is 5.85. The van der Waals surface area contributed by atoms with E-state index in [1.165, 1.54) is 0 Å². The summed E-state index contributed by atoms with van der Waals surface area (Å²) in [5, 5.41) is 4.65. The summed E-state index contributed by atoms with van der Waals surface area (Å²) < 4.78 is 6.51. The third-order valence-corrected chi connectivity index (χ3v) is 5.01. The van der Waals surface area contributed by atoms with E-state index >= 15 is 0 Å². The first kappa shape index (κ1) is 19.8. The van der Waals surface area contributed by atoms with Crippen molar-refractivity contribution in [1.82, 2.24) is 5.32 Å². The van der Waals surface area contributed by atoms with E-state index in [2.05, 4.69) is 5.32 Å². The van der Waals surface area contributed by atoms with Crippen LogP contribution in [0.4, 0.5) is 0 Å². The summed E-state index contributed by atoms with van der Waals surface area (Å²) >= 11 is 12.2. The number of hydrogen-bond acceptors (Lipinski definition) is 3. The van der Waals surface area contributed by atoms with Crippen LogP contribution in [0.15, 0.2) is 60.0 Å². The second-order valence-corrected chi connectivity index (χ2v) is 8.73.